The number of piperazine rings is 1. The Morgan fingerprint density at radius 3 is 2.80 bits per heavy atom. The zero-order valence-electron chi connectivity index (χ0n) is 11.5. The van der Waals surface area contributed by atoms with Crippen molar-refractivity contribution in [3.05, 3.63) is 39.8 Å². The van der Waals surface area contributed by atoms with Crippen LogP contribution in [0.1, 0.15) is 20.9 Å². The fourth-order valence-corrected chi connectivity index (χ4v) is 3.21. The SMILES string of the molecule is Cc1[nH]ncc1C(=O)N1CCN(Cc2cccs2)CC1. The maximum Gasteiger partial charge on any atom is 0.257 e. The Kier molecular flexibility index (Phi) is 3.84. The van der Waals surface area contributed by atoms with Gasteiger partial charge < -0.3 is 4.90 Å². The lowest BCUT2D eigenvalue weighted by molar-refractivity contribution is 0.0629. The minimum absolute atomic E-state index is 0.0898. The van der Waals surface area contributed by atoms with E-state index in [1.54, 1.807) is 17.5 Å². The molecule has 3 heterocycles. The first kappa shape index (κ1) is 13.3. The molecule has 0 saturated carbocycles. The standard InChI is InChI=1S/C14H18N4OS/c1-11-13(9-15-16-11)14(19)18-6-4-17(5-7-18)10-12-3-2-8-20-12/h2-3,8-9H,4-7,10H2,1H3,(H,15,16). The number of aromatic nitrogens is 2. The molecule has 2 aromatic rings. The number of H-pyrrole nitrogens is 1. The smallest absolute Gasteiger partial charge is 0.257 e. The molecule has 0 atom stereocenters. The van der Waals surface area contributed by atoms with E-state index in [0.29, 0.717) is 5.56 Å². The van der Waals surface area contributed by atoms with Gasteiger partial charge in [0.15, 0.2) is 0 Å². The third-order valence-corrected chi connectivity index (χ3v) is 4.54. The van der Waals surface area contributed by atoms with Crippen molar-refractivity contribution in [2.45, 2.75) is 13.5 Å². The number of aromatic amines is 1. The highest BCUT2D eigenvalue weighted by Crippen LogP contribution is 2.15. The predicted molar refractivity (Wildman–Crippen MR) is 78.8 cm³/mol. The molecular weight excluding hydrogens is 272 g/mol. The molecular formula is C14H18N4OS. The minimum Gasteiger partial charge on any atom is -0.336 e. The molecule has 0 bridgehead atoms. The van der Waals surface area contributed by atoms with Crippen molar-refractivity contribution in [1.82, 2.24) is 20.0 Å². The zero-order chi connectivity index (χ0) is 13.9. The van der Waals surface area contributed by atoms with E-state index in [9.17, 15) is 4.79 Å². The maximum atomic E-state index is 12.4. The summed E-state index contributed by atoms with van der Waals surface area (Å²) in [5, 5.41) is 8.85. The molecule has 1 amide bonds. The largest absolute Gasteiger partial charge is 0.336 e. The van der Waals surface area contributed by atoms with Gasteiger partial charge in [-0.25, -0.2) is 0 Å². The third-order valence-electron chi connectivity index (χ3n) is 3.68. The normalized spacial score (nSPS) is 16.6. The molecule has 106 valence electrons. The summed E-state index contributed by atoms with van der Waals surface area (Å²) in [4.78, 5) is 18.1. The molecule has 1 aliphatic heterocycles. The Hall–Kier alpha value is -1.66. The summed E-state index contributed by atoms with van der Waals surface area (Å²) in [5.74, 6) is 0.0898. The van der Waals surface area contributed by atoms with Gasteiger partial charge in [-0.15, -0.1) is 11.3 Å². The van der Waals surface area contributed by atoms with E-state index in [4.69, 9.17) is 0 Å². The van der Waals surface area contributed by atoms with Crippen molar-refractivity contribution in [2.24, 2.45) is 0 Å². The second kappa shape index (κ2) is 5.76. The molecule has 5 nitrogen and oxygen atoms in total. The van der Waals surface area contributed by atoms with Crippen molar-refractivity contribution in [3.63, 3.8) is 0 Å². The molecule has 1 aliphatic rings. The lowest BCUT2D eigenvalue weighted by Gasteiger charge is -2.34. The second-order valence-corrected chi connectivity index (χ2v) is 6.09. The number of hydrogen-bond acceptors (Lipinski definition) is 4. The number of rotatable bonds is 3. The number of amides is 1. The van der Waals surface area contributed by atoms with Crippen molar-refractivity contribution < 1.29 is 4.79 Å². The number of nitrogens with one attached hydrogen (secondary N) is 1. The van der Waals surface area contributed by atoms with Crippen LogP contribution in [0.5, 0.6) is 0 Å². The molecule has 2 aromatic heterocycles. The van der Waals surface area contributed by atoms with Crippen LogP contribution in [0.15, 0.2) is 23.7 Å². The molecule has 0 aliphatic carbocycles. The van der Waals surface area contributed by atoms with Gasteiger partial charge >= 0.3 is 0 Å². The highest BCUT2D eigenvalue weighted by molar-refractivity contribution is 7.09. The van der Waals surface area contributed by atoms with Crippen LogP contribution in [0.4, 0.5) is 0 Å². The summed E-state index contributed by atoms with van der Waals surface area (Å²) in [6.07, 6.45) is 1.62. The van der Waals surface area contributed by atoms with Gasteiger partial charge in [-0.1, -0.05) is 6.07 Å². The van der Waals surface area contributed by atoms with Crippen molar-refractivity contribution in [1.29, 1.82) is 0 Å². The van der Waals surface area contributed by atoms with Crippen molar-refractivity contribution in [2.75, 3.05) is 26.2 Å². The second-order valence-electron chi connectivity index (χ2n) is 5.06. The number of aryl methyl sites for hydroxylation is 1. The Morgan fingerprint density at radius 2 is 2.20 bits per heavy atom. The van der Waals surface area contributed by atoms with Gasteiger partial charge in [-0.3, -0.25) is 14.8 Å². The molecule has 0 aromatic carbocycles. The van der Waals surface area contributed by atoms with E-state index >= 15 is 0 Å². The van der Waals surface area contributed by atoms with Gasteiger partial charge in [0.05, 0.1) is 11.8 Å². The molecule has 0 spiro atoms. The highest BCUT2D eigenvalue weighted by Gasteiger charge is 2.23. The Bertz CT molecular complexity index is 570. The van der Waals surface area contributed by atoms with Crippen LogP contribution in [-0.4, -0.2) is 52.1 Å². The molecule has 1 saturated heterocycles. The molecule has 0 unspecified atom stereocenters. The van der Waals surface area contributed by atoms with Crippen LogP contribution in [0.25, 0.3) is 0 Å². The van der Waals surface area contributed by atoms with E-state index in [2.05, 4.69) is 32.6 Å². The zero-order valence-corrected chi connectivity index (χ0v) is 12.3. The summed E-state index contributed by atoms with van der Waals surface area (Å²) in [6, 6.07) is 4.25. The first-order chi connectivity index (χ1) is 9.74. The topological polar surface area (TPSA) is 52.2 Å². The summed E-state index contributed by atoms with van der Waals surface area (Å²) in [7, 11) is 0. The van der Waals surface area contributed by atoms with Crippen molar-refractivity contribution >= 4 is 17.2 Å². The Morgan fingerprint density at radius 1 is 1.40 bits per heavy atom. The molecule has 1 N–H and O–H groups in total. The Balaban J connectivity index is 1.56. The van der Waals surface area contributed by atoms with Gasteiger partial charge in [0.1, 0.15) is 0 Å². The first-order valence-electron chi connectivity index (χ1n) is 6.78. The number of carbonyl (C=O) groups is 1. The molecule has 3 rings (SSSR count). The monoisotopic (exact) mass is 290 g/mol. The third kappa shape index (κ3) is 2.76. The number of nitrogens with zero attached hydrogens (tertiary/aromatic N) is 3. The van der Waals surface area contributed by atoms with E-state index < -0.39 is 0 Å². The summed E-state index contributed by atoms with van der Waals surface area (Å²) in [6.45, 7) is 6.31. The van der Waals surface area contributed by atoms with Crippen LogP contribution in [0.2, 0.25) is 0 Å². The van der Waals surface area contributed by atoms with Gasteiger partial charge in [0.25, 0.3) is 5.91 Å². The van der Waals surface area contributed by atoms with Gasteiger partial charge in [0, 0.05) is 43.3 Å². The summed E-state index contributed by atoms with van der Waals surface area (Å²) < 4.78 is 0. The first-order valence-corrected chi connectivity index (χ1v) is 7.66. The van der Waals surface area contributed by atoms with Crippen molar-refractivity contribution in [3.8, 4) is 0 Å². The fraction of sp³-hybridized carbons (Fsp3) is 0.429. The number of thiophene rings is 1. The summed E-state index contributed by atoms with van der Waals surface area (Å²) in [5.41, 5.74) is 1.53. The van der Waals surface area contributed by atoms with E-state index in [1.807, 2.05) is 11.8 Å². The van der Waals surface area contributed by atoms with E-state index in [-0.39, 0.29) is 5.91 Å². The van der Waals surface area contributed by atoms with Crippen LogP contribution < -0.4 is 0 Å². The van der Waals surface area contributed by atoms with Gasteiger partial charge in [-0.05, 0) is 18.4 Å². The Labute approximate surface area is 122 Å². The highest BCUT2D eigenvalue weighted by atomic mass is 32.1. The van der Waals surface area contributed by atoms with Crippen LogP contribution in [0, 0.1) is 6.92 Å². The average Bonchev–Trinajstić information content (AvgIpc) is 3.10. The molecule has 0 radical (unpaired) electrons. The number of hydrogen-bond donors (Lipinski definition) is 1. The van der Waals surface area contributed by atoms with Crippen LogP contribution >= 0.6 is 11.3 Å². The fourth-order valence-electron chi connectivity index (χ4n) is 2.47. The maximum absolute atomic E-state index is 12.4. The minimum atomic E-state index is 0.0898. The number of carbonyl (C=O) groups excluding carboxylic acids is 1. The van der Waals surface area contributed by atoms with E-state index in [1.165, 1.54) is 4.88 Å². The summed E-state index contributed by atoms with van der Waals surface area (Å²) >= 11 is 1.79. The van der Waals surface area contributed by atoms with Gasteiger partial charge in [-0.2, -0.15) is 5.10 Å². The van der Waals surface area contributed by atoms with Crippen LogP contribution in [-0.2, 0) is 6.54 Å². The quantitative estimate of drug-likeness (QED) is 0.937. The lowest BCUT2D eigenvalue weighted by Crippen LogP contribution is -2.48. The molecule has 6 heteroatoms. The van der Waals surface area contributed by atoms with Crippen LogP contribution in [0.3, 0.4) is 0 Å². The average molecular weight is 290 g/mol. The lowest BCUT2D eigenvalue weighted by atomic mass is 10.2. The molecule has 1 fully saturated rings. The molecule has 20 heavy (non-hydrogen) atoms. The van der Waals surface area contributed by atoms with Gasteiger partial charge in [0.2, 0.25) is 0 Å². The predicted octanol–water partition coefficient (Wildman–Crippen LogP) is 1.74. The van der Waals surface area contributed by atoms with E-state index in [0.717, 1.165) is 38.4 Å².